The maximum Gasteiger partial charge on any atom is 0.0604 e. The lowest BCUT2D eigenvalue weighted by molar-refractivity contribution is 0.298. The molecule has 0 atom stereocenters. The molecule has 0 spiro atoms. The van der Waals surface area contributed by atoms with E-state index in [0.29, 0.717) is 6.54 Å². The minimum Gasteiger partial charge on any atom is -0.395 e. The second kappa shape index (κ2) is 5.99. The summed E-state index contributed by atoms with van der Waals surface area (Å²) in [7, 11) is 1.71. The number of allylic oxidation sites excluding steroid dienone is 1. The molecular weight excluding hydrogens is 178 g/mol. The van der Waals surface area contributed by atoms with E-state index < -0.39 is 0 Å². The van der Waals surface area contributed by atoms with Gasteiger partial charge in [-0.2, -0.15) is 0 Å². The molecule has 4 nitrogen and oxygen atoms in total. The zero-order chi connectivity index (χ0) is 10.2. The first-order valence-corrected chi connectivity index (χ1v) is 4.48. The summed E-state index contributed by atoms with van der Waals surface area (Å²) < 4.78 is 0. The third-order valence-corrected chi connectivity index (χ3v) is 1.65. The molecule has 1 rings (SSSR count). The number of hydrogen-bond donors (Lipinski definition) is 3. The molecule has 14 heavy (non-hydrogen) atoms. The SMILES string of the molecule is CN=C/C(=C\c1cc[nH]c1)NCCO. The van der Waals surface area contributed by atoms with Crippen LogP contribution >= 0.6 is 0 Å². The fraction of sp³-hybridized carbons (Fsp3) is 0.300. The summed E-state index contributed by atoms with van der Waals surface area (Å²) in [4.78, 5) is 6.89. The normalized spacial score (nSPS) is 12.3. The molecule has 1 aromatic rings. The van der Waals surface area contributed by atoms with Gasteiger partial charge >= 0.3 is 0 Å². The van der Waals surface area contributed by atoms with E-state index in [9.17, 15) is 0 Å². The first-order valence-electron chi connectivity index (χ1n) is 4.48. The lowest BCUT2D eigenvalue weighted by atomic mass is 10.3. The monoisotopic (exact) mass is 193 g/mol. The van der Waals surface area contributed by atoms with Crippen molar-refractivity contribution in [3.05, 3.63) is 29.7 Å². The molecule has 76 valence electrons. The number of aromatic amines is 1. The van der Waals surface area contributed by atoms with Gasteiger partial charge in [-0.05, 0) is 17.7 Å². The van der Waals surface area contributed by atoms with Gasteiger partial charge in [-0.3, -0.25) is 4.99 Å². The molecule has 0 unspecified atom stereocenters. The van der Waals surface area contributed by atoms with Crippen LogP contribution in [0, 0.1) is 0 Å². The fourth-order valence-electron chi connectivity index (χ4n) is 1.08. The highest BCUT2D eigenvalue weighted by atomic mass is 16.3. The average Bonchev–Trinajstić information content (AvgIpc) is 2.67. The van der Waals surface area contributed by atoms with Crippen molar-refractivity contribution >= 4 is 12.3 Å². The van der Waals surface area contributed by atoms with Crippen LogP contribution in [0.1, 0.15) is 5.56 Å². The van der Waals surface area contributed by atoms with E-state index in [0.717, 1.165) is 11.3 Å². The molecular formula is C10H15N3O. The molecule has 0 saturated heterocycles. The van der Waals surface area contributed by atoms with Crippen molar-refractivity contribution in [3.63, 3.8) is 0 Å². The number of aliphatic hydroxyl groups excluding tert-OH is 1. The maximum atomic E-state index is 8.67. The number of nitrogens with one attached hydrogen (secondary N) is 2. The maximum absolute atomic E-state index is 8.67. The van der Waals surface area contributed by atoms with E-state index in [-0.39, 0.29) is 6.61 Å². The van der Waals surface area contributed by atoms with Gasteiger partial charge in [0.1, 0.15) is 0 Å². The lowest BCUT2D eigenvalue weighted by Crippen LogP contribution is -2.18. The molecule has 0 aliphatic heterocycles. The third kappa shape index (κ3) is 3.45. The Morgan fingerprint density at radius 2 is 2.57 bits per heavy atom. The van der Waals surface area contributed by atoms with Crippen LogP contribution in [0.15, 0.2) is 29.1 Å². The van der Waals surface area contributed by atoms with Crippen molar-refractivity contribution < 1.29 is 5.11 Å². The Morgan fingerprint density at radius 3 is 3.14 bits per heavy atom. The van der Waals surface area contributed by atoms with Crippen LogP contribution in [-0.2, 0) is 0 Å². The summed E-state index contributed by atoms with van der Waals surface area (Å²) in [5, 5.41) is 11.7. The second-order valence-electron chi connectivity index (χ2n) is 2.78. The van der Waals surface area contributed by atoms with Crippen LogP contribution < -0.4 is 5.32 Å². The van der Waals surface area contributed by atoms with Crippen LogP contribution in [0.2, 0.25) is 0 Å². The largest absolute Gasteiger partial charge is 0.395 e. The van der Waals surface area contributed by atoms with Gasteiger partial charge in [0.2, 0.25) is 0 Å². The molecule has 0 saturated carbocycles. The van der Waals surface area contributed by atoms with Gasteiger partial charge in [0, 0.05) is 32.2 Å². The molecule has 0 radical (unpaired) electrons. The topological polar surface area (TPSA) is 60.4 Å². The molecule has 0 aliphatic carbocycles. The van der Waals surface area contributed by atoms with Crippen molar-refractivity contribution in [2.45, 2.75) is 0 Å². The third-order valence-electron chi connectivity index (χ3n) is 1.65. The molecule has 1 heterocycles. The molecule has 0 aliphatic rings. The molecule has 0 aromatic carbocycles. The van der Waals surface area contributed by atoms with Crippen LogP contribution in [0.4, 0.5) is 0 Å². The van der Waals surface area contributed by atoms with Crippen molar-refractivity contribution in [1.82, 2.24) is 10.3 Å². The number of nitrogens with zero attached hydrogens (tertiary/aromatic N) is 1. The van der Waals surface area contributed by atoms with Gasteiger partial charge in [0.25, 0.3) is 0 Å². The molecule has 4 heteroatoms. The molecule has 1 aromatic heterocycles. The number of H-pyrrole nitrogens is 1. The predicted molar refractivity (Wildman–Crippen MR) is 58.3 cm³/mol. The van der Waals surface area contributed by atoms with Crippen molar-refractivity contribution in [1.29, 1.82) is 0 Å². The van der Waals surface area contributed by atoms with E-state index >= 15 is 0 Å². The van der Waals surface area contributed by atoms with E-state index in [1.807, 2.05) is 24.5 Å². The van der Waals surface area contributed by atoms with E-state index in [1.165, 1.54) is 0 Å². The Balaban J connectivity index is 2.66. The summed E-state index contributed by atoms with van der Waals surface area (Å²) in [5.74, 6) is 0. The van der Waals surface area contributed by atoms with Crippen molar-refractivity contribution in [3.8, 4) is 0 Å². The molecule has 3 N–H and O–H groups in total. The summed E-state index contributed by atoms with van der Waals surface area (Å²) in [6, 6.07) is 1.96. The number of hydrogen-bond acceptors (Lipinski definition) is 3. The van der Waals surface area contributed by atoms with Crippen LogP contribution in [-0.4, -0.2) is 36.5 Å². The minimum absolute atomic E-state index is 0.113. The van der Waals surface area contributed by atoms with Crippen LogP contribution in [0.3, 0.4) is 0 Å². The molecule has 0 fully saturated rings. The fourth-order valence-corrected chi connectivity index (χ4v) is 1.08. The summed E-state index contributed by atoms with van der Waals surface area (Å²) in [6.45, 7) is 0.643. The number of aliphatic imine (C=N–C) groups is 1. The highest BCUT2D eigenvalue weighted by Crippen LogP contribution is 2.01. The zero-order valence-electron chi connectivity index (χ0n) is 8.20. The first-order chi connectivity index (χ1) is 6.86. The van der Waals surface area contributed by atoms with Crippen molar-refractivity contribution in [2.24, 2.45) is 4.99 Å². The van der Waals surface area contributed by atoms with Crippen LogP contribution in [0.25, 0.3) is 6.08 Å². The molecule has 0 amide bonds. The zero-order valence-corrected chi connectivity index (χ0v) is 8.20. The lowest BCUT2D eigenvalue weighted by Gasteiger charge is -2.03. The van der Waals surface area contributed by atoms with Gasteiger partial charge in [-0.25, -0.2) is 0 Å². The van der Waals surface area contributed by atoms with Gasteiger partial charge in [-0.1, -0.05) is 0 Å². The van der Waals surface area contributed by atoms with E-state index in [4.69, 9.17) is 5.11 Å². The number of rotatable bonds is 5. The average molecular weight is 193 g/mol. The summed E-state index contributed by atoms with van der Waals surface area (Å²) >= 11 is 0. The van der Waals surface area contributed by atoms with Gasteiger partial charge < -0.3 is 15.4 Å². The van der Waals surface area contributed by atoms with E-state index in [2.05, 4.69) is 15.3 Å². The number of aliphatic hydroxyl groups is 1. The van der Waals surface area contributed by atoms with E-state index in [1.54, 1.807) is 13.3 Å². The Hall–Kier alpha value is -1.55. The van der Waals surface area contributed by atoms with Gasteiger partial charge in [0.05, 0.1) is 12.3 Å². The standard InChI is InChI=1S/C10H15N3O/c1-11-8-10(13-4-5-14)6-9-2-3-12-7-9/h2-3,6-8,12-14H,4-5H2,1H3/b10-6+,11-8?. The summed E-state index contributed by atoms with van der Waals surface area (Å²) in [6.07, 6.45) is 7.44. The molecule has 0 bridgehead atoms. The smallest absolute Gasteiger partial charge is 0.0604 e. The quantitative estimate of drug-likeness (QED) is 0.601. The second-order valence-corrected chi connectivity index (χ2v) is 2.78. The van der Waals surface area contributed by atoms with Gasteiger partial charge in [0.15, 0.2) is 0 Å². The highest BCUT2D eigenvalue weighted by Gasteiger charge is 1.93. The van der Waals surface area contributed by atoms with Crippen LogP contribution in [0.5, 0.6) is 0 Å². The first kappa shape index (κ1) is 10.5. The Labute approximate surface area is 83.4 Å². The van der Waals surface area contributed by atoms with Gasteiger partial charge in [-0.15, -0.1) is 0 Å². The van der Waals surface area contributed by atoms with Crippen molar-refractivity contribution in [2.75, 3.05) is 20.2 Å². The number of aromatic nitrogens is 1. The summed E-state index contributed by atoms with van der Waals surface area (Å²) in [5.41, 5.74) is 1.96. The Bertz CT molecular complexity index is 301. The predicted octanol–water partition coefficient (Wildman–Crippen LogP) is 0.638. The Kier molecular flexibility index (Phi) is 4.50. The highest BCUT2D eigenvalue weighted by molar-refractivity contribution is 5.84. The minimum atomic E-state index is 0.113. The Morgan fingerprint density at radius 1 is 1.71 bits per heavy atom.